The minimum Gasteiger partial charge on any atom is -0.497 e. The van der Waals surface area contributed by atoms with E-state index in [1.807, 2.05) is 83.8 Å². The Morgan fingerprint density at radius 2 is 1.56 bits per heavy atom. The van der Waals surface area contributed by atoms with E-state index in [1.54, 1.807) is 7.11 Å². The van der Waals surface area contributed by atoms with Gasteiger partial charge in [0.2, 0.25) is 11.7 Å². The van der Waals surface area contributed by atoms with Gasteiger partial charge in [-0.05, 0) is 60.7 Å². The molecule has 1 saturated heterocycles. The first-order valence-electron chi connectivity index (χ1n) is 11.8. The van der Waals surface area contributed by atoms with Crippen LogP contribution in [0, 0.1) is 11.8 Å². The summed E-state index contributed by atoms with van der Waals surface area (Å²) in [4.78, 5) is 21.6. The molecule has 7 heteroatoms. The van der Waals surface area contributed by atoms with Gasteiger partial charge in [0.05, 0.1) is 13.7 Å². The van der Waals surface area contributed by atoms with Crippen LogP contribution < -0.4 is 4.74 Å². The topological polar surface area (TPSA) is 71.7 Å². The van der Waals surface area contributed by atoms with Crippen molar-refractivity contribution in [3.05, 3.63) is 101 Å². The molecule has 1 fully saturated rings. The van der Waals surface area contributed by atoms with Crippen LogP contribution in [-0.4, -0.2) is 59.1 Å². The van der Waals surface area contributed by atoms with E-state index in [9.17, 15) is 4.79 Å². The Morgan fingerprint density at radius 1 is 0.889 bits per heavy atom. The monoisotopic (exact) mass is 478 g/mol. The van der Waals surface area contributed by atoms with Crippen LogP contribution in [0.25, 0.3) is 11.4 Å². The van der Waals surface area contributed by atoms with E-state index in [0.29, 0.717) is 36.9 Å². The van der Waals surface area contributed by atoms with Crippen LogP contribution in [0.3, 0.4) is 0 Å². The van der Waals surface area contributed by atoms with Crippen molar-refractivity contribution in [1.82, 2.24) is 19.9 Å². The summed E-state index contributed by atoms with van der Waals surface area (Å²) in [6, 6.07) is 24.9. The van der Waals surface area contributed by atoms with E-state index in [1.165, 1.54) is 0 Å². The third-order valence-corrected chi connectivity index (χ3v) is 6.09. The molecule has 1 aromatic heterocycles. The number of hydrogen-bond donors (Lipinski definition) is 0. The highest BCUT2D eigenvalue weighted by Crippen LogP contribution is 2.20. The highest BCUT2D eigenvalue weighted by Gasteiger charge is 2.23. The van der Waals surface area contributed by atoms with Crippen LogP contribution in [-0.2, 0) is 6.54 Å². The van der Waals surface area contributed by atoms with Crippen molar-refractivity contribution in [2.75, 3.05) is 33.3 Å². The van der Waals surface area contributed by atoms with Crippen molar-refractivity contribution < 1.29 is 14.1 Å². The summed E-state index contributed by atoms with van der Waals surface area (Å²) in [5, 5.41) is 4.10. The summed E-state index contributed by atoms with van der Waals surface area (Å²) in [6.07, 6.45) is 0. The molecule has 2 heterocycles. The van der Waals surface area contributed by atoms with E-state index >= 15 is 0 Å². The van der Waals surface area contributed by atoms with Crippen molar-refractivity contribution in [2.24, 2.45) is 0 Å². The zero-order chi connectivity index (χ0) is 24.7. The fraction of sp³-hybridized carbons (Fsp3) is 0.207. The van der Waals surface area contributed by atoms with E-state index in [-0.39, 0.29) is 5.91 Å². The minimum absolute atomic E-state index is 0.0387. The largest absolute Gasteiger partial charge is 0.497 e. The Balaban J connectivity index is 1.13. The number of carbonyl (C=O) groups excluding carboxylic acids is 1. The molecule has 0 N–H and O–H groups in total. The molecular formula is C29H26N4O3. The molecule has 180 valence electrons. The predicted octanol–water partition coefficient (Wildman–Crippen LogP) is 4.10. The molecule has 0 saturated carbocycles. The van der Waals surface area contributed by atoms with Gasteiger partial charge in [-0.2, -0.15) is 4.98 Å². The van der Waals surface area contributed by atoms with E-state index in [0.717, 1.165) is 35.5 Å². The van der Waals surface area contributed by atoms with E-state index < -0.39 is 0 Å². The fourth-order valence-electron chi connectivity index (χ4n) is 4.02. The number of nitrogens with zero attached hydrogens (tertiary/aromatic N) is 4. The molecule has 0 spiro atoms. The van der Waals surface area contributed by atoms with Crippen molar-refractivity contribution in [2.45, 2.75) is 6.54 Å². The molecule has 0 aliphatic carbocycles. The first-order chi connectivity index (χ1) is 17.7. The maximum Gasteiger partial charge on any atom is 0.253 e. The van der Waals surface area contributed by atoms with Gasteiger partial charge in [-0.15, -0.1) is 0 Å². The van der Waals surface area contributed by atoms with Crippen molar-refractivity contribution in [3.8, 4) is 29.0 Å². The summed E-state index contributed by atoms with van der Waals surface area (Å²) < 4.78 is 10.6. The molecule has 0 unspecified atom stereocenters. The number of rotatable bonds is 5. The zero-order valence-corrected chi connectivity index (χ0v) is 20.1. The van der Waals surface area contributed by atoms with Crippen molar-refractivity contribution >= 4 is 5.91 Å². The number of methoxy groups -OCH3 is 1. The lowest BCUT2D eigenvalue weighted by Gasteiger charge is -2.34. The summed E-state index contributed by atoms with van der Waals surface area (Å²) >= 11 is 0. The highest BCUT2D eigenvalue weighted by atomic mass is 16.5. The molecule has 1 amide bonds. The summed E-state index contributed by atoms with van der Waals surface area (Å²) in [7, 11) is 1.63. The Bertz CT molecular complexity index is 1360. The lowest BCUT2D eigenvalue weighted by Crippen LogP contribution is -2.48. The summed E-state index contributed by atoms with van der Waals surface area (Å²) in [6.45, 7) is 3.33. The van der Waals surface area contributed by atoms with Crippen LogP contribution in [0.2, 0.25) is 0 Å². The molecule has 0 bridgehead atoms. The first-order valence-corrected chi connectivity index (χ1v) is 11.8. The molecular weight excluding hydrogens is 452 g/mol. The standard InChI is InChI=1S/C29H26N4O3/c1-35-26-15-13-24(14-16-26)28-30-27(36-31-28)21-32-17-19-33(20-18-32)29(34)25-11-9-23(10-12-25)8-7-22-5-3-2-4-6-22/h2-6,9-16H,17-21H2,1H3. The lowest BCUT2D eigenvalue weighted by molar-refractivity contribution is 0.0615. The molecule has 3 aromatic carbocycles. The maximum atomic E-state index is 13.0. The van der Waals surface area contributed by atoms with Gasteiger partial charge in [0.15, 0.2) is 0 Å². The predicted molar refractivity (Wildman–Crippen MR) is 136 cm³/mol. The van der Waals surface area contributed by atoms with E-state index in [2.05, 4.69) is 26.9 Å². The van der Waals surface area contributed by atoms with Gasteiger partial charge >= 0.3 is 0 Å². The van der Waals surface area contributed by atoms with Crippen LogP contribution in [0.15, 0.2) is 83.4 Å². The molecule has 5 rings (SSSR count). The van der Waals surface area contributed by atoms with Gasteiger partial charge in [-0.25, -0.2) is 0 Å². The second kappa shape index (κ2) is 10.9. The van der Waals surface area contributed by atoms with Gasteiger partial charge < -0.3 is 14.2 Å². The molecule has 36 heavy (non-hydrogen) atoms. The number of ether oxygens (including phenoxy) is 1. The van der Waals surface area contributed by atoms with Crippen molar-refractivity contribution in [3.63, 3.8) is 0 Å². The van der Waals surface area contributed by atoms with Gasteiger partial charge in [0.1, 0.15) is 5.75 Å². The van der Waals surface area contributed by atoms with Crippen molar-refractivity contribution in [1.29, 1.82) is 0 Å². The van der Waals surface area contributed by atoms with Gasteiger partial charge in [-0.3, -0.25) is 9.69 Å². The molecule has 1 aliphatic heterocycles. The first kappa shape index (κ1) is 23.3. The number of piperazine rings is 1. The summed E-state index contributed by atoms with van der Waals surface area (Å²) in [5.74, 6) is 8.22. The summed E-state index contributed by atoms with van der Waals surface area (Å²) in [5.41, 5.74) is 3.40. The number of benzene rings is 3. The Hall–Kier alpha value is -4.41. The van der Waals surface area contributed by atoms with Gasteiger partial charge in [-0.1, -0.05) is 35.2 Å². The Morgan fingerprint density at radius 3 is 2.22 bits per heavy atom. The Labute approximate surface area is 210 Å². The smallest absolute Gasteiger partial charge is 0.253 e. The van der Waals surface area contributed by atoms with Crippen LogP contribution in [0.4, 0.5) is 0 Å². The molecule has 7 nitrogen and oxygen atoms in total. The normalized spacial score (nSPS) is 13.6. The van der Waals surface area contributed by atoms with Gasteiger partial charge in [0.25, 0.3) is 5.91 Å². The highest BCUT2D eigenvalue weighted by molar-refractivity contribution is 5.94. The molecule has 0 atom stereocenters. The second-order valence-electron chi connectivity index (χ2n) is 8.50. The third-order valence-electron chi connectivity index (χ3n) is 6.09. The van der Waals surface area contributed by atoms with Gasteiger partial charge in [0, 0.05) is 48.4 Å². The molecule has 4 aromatic rings. The van der Waals surface area contributed by atoms with E-state index in [4.69, 9.17) is 9.26 Å². The fourth-order valence-corrected chi connectivity index (χ4v) is 4.02. The third kappa shape index (κ3) is 5.62. The Kier molecular flexibility index (Phi) is 7.06. The zero-order valence-electron chi connectivity index (χ0n) is 20.1. The molecule has 1 aliphatic rings. The lowest BCUT2D eigenvalue weighted by atomic mass is 10.1. The number of hydrogen-bond acceptors (Lipinski definition) is 6. The average molecular weight is 479 g/mol. The second-order valence-corrected chi connectivity index (χ2v) is 8.50. The van der Waals surface area contributed by atoms with Crippen LogP contribution in [0.1, 0.15) is 27.4 Å². The van der Waals surface area contributed by atoms with Crippen LogP contribution in [0.5, 0.6) is 5.75 Å². The quantitative estimate of drug-likeness (QED) is 0.402. The van der Waals surface area contributed by atoms with Crippen LogP contribution >= 0.6 is 0 Å². The SMILES string of the molecule is COc1ccc(-c2noc(CN3CCN(C(=O)c4ccc(C#Cc5ccccc5)cc4)CC3)n2)cc1. The number of amides is 1. The average Bonchev–Trinajstić information content (AvgIpc) is 3.41. The number of carbonyl (C=O) groups is 1. The molecule has 0 radical (unpaired) electrons. The maximum absolute atomic E-state index is 13.0. The number of aromatic nitrogens is 2. The minimum atomic E-state index is 0.0387.